The van der Waals surface area contributed by atoms with Crippen molar-refractivity contribution in [2.24, 2.45) is 0 Å². The van der Waals surface area contributed by atoms with E-state index in [1.807, 2.05) is 24.3 Å². The lowest BCUT2D eigenvalue weighted by Crippen LogP contribution is -2.13. The molecule has 1 N–H and O–H groups in total. The molecule has 17 heavy (non-hydrogen) atoms. The molecule has 1 amide bonds. The van der Waals surface area contributed by atoms with Gasteiger partial charge in [-0.1, -0.05) is 17.7 Å². The van der Waals surface area contributed by atoms with Crippen LogP contribution in [0.15, 0.2) is 36.7 Å². The van der Waals surface area contributed by atoms with E-state index in [4.69, 9.17) is 11.6 Å². The van der Waals surface area contributed by atoms with Gasteiger partial charge in [0.25, 0.3) is 5.91 Å². The number of carbonyl (C=O) groups is 1. The van der Waals surface area contributed by atoms with Crippen molar-refractivity contribution in [1.82, 2.24) is 9.97 Å². The van der Waals surface area contributed by atoms with Gasteiger partial charge >= 0.3 is 0 Å². The highest BCUT2D eigenvalue weighted by atomic mass is 127. The van der Waals surface area contributed by atoms with Gasteiger partial charge in [-0.05, 0) is 40.8 Å². The fourth-order valence-corrected chi connectivity index (χ4v) is 1.83. The third kappa shape index (κ3) is 3.37. The maximum absolute atomic E-state index is 11.8. The van der Waals surface area contributed by atoms with Crippen LogP contribution in [0.2, 0.25) is 5.15 Å². The van der Waals surface area contributed by atoms with E-state index >= 15 is 0 Å². The average Bonchev–Trinajstić information content (AvgIpc) is 2.29. The summed E-state index contributed by atoms with van der Waals surface area (Å²) in [6.45, 7) is 0. The van der Waals surface area contributed by atoms with Crippen LogP contribution in [0.5, 0.6) is 0 Å². The predicted octanol–water partition coefficient (Wildman–Crippen LogP) is 2.99. The van der Waals surface area contributed by atoms with E-state index in [9.17, 15) is 4.79 Å². The maximum atomic E-state index is 11.8. The molecule has 1 aromatic heterocycles. The van der Waals surface area contributed by atoms with Crippen molar-refractivity contribution < 1.29 is 4.79 Å². The van der Waals surface area contributed by atoms with E-state index in [-0.39, 0.29) is 16.8 Å². The molecule has 0 spiro atoms. The molecule has 0 unspecified atom stereocenters. The highest BCUT2D eigenvalue weighted by Gasteiger charge is 2.08. The molecule has 0 saturated heterocycles. The van der Waals surface area contributed by atoms with Crippen LogP contribution in [0, 0.1) is 3.57 Å². The summed E-state index contributed by atoms with van der Waals surface area (Å²) in [5.74, 6) is -0.309. The molecule has 0 bridgehead atoms. The number of rotatable bonds is 2. The molecule has 1 aromatic carbocycles. The van der Waals surface area contributed by atoms with Crippen LogP contribution in [-0.2, 0) is 0 Å². The molecule has 0 saturated carbocycles. The van der Waals surface area contributed by atoms with Gasteiger partial charge in [-0.25, -0.2) is 9.97 Å². The maximum Gasteiger partial charge on any atom is 0.275 e. The standard InChI is InChI=1S/C11H7ClIN3O/c12-10-6-14-9(5-15-10)11(17)16-8-3-1-2-7(13)4-8/h1-6H,(H,16,17). The Balaban J connectivity index is 2.14. The van der Waals surface area contributed by atoms with Crippen molar-refractivity contribution in [2.75, 3.05) is 5.32 Å². The molecule has 6 heteroatoms. The first-order valence-corrected chi connectivity index (χ1v) is 6.15. The van der Waals surface area contributed by atoms with Gasteiger partial charge in [0.2, 0.25) is 0 Å². The Labute approximate surface area is 117 Å². The van der Waals surface area contributed by atoms with Gasteiger partial charge < -0.3 is 5.32 Å². The van der Waals surface area contributed by atoms with Crippen molar-refractivity contribution >= 4 is 45.8 Å². The van der Waals surface area contributed by atoms with Gasteiger partial charge in [0.05, 0.1) is 12.4 Å². The topological polar surface area (TPSA) is 54.9 Å². The number of aromatic nitrogens is 2. The zero-order valence-corrected chi connectivity index (χ0v) is 11.4. The molecule has 86 valence electrons. The normalized spacial score (nSPS) is 10.0. The van der Waals surface area contributed by atoms with Crippen LogP contribution in [-0.4, -0.2) is 15.9 Å². The molecule has 4 nitrogen and oxygen atoms in total. The third-order valence-electron chi connectivity index (χ3n) is 1.94. The molecular formula is C11H7ClIN3O. The summed E-state index contributed by atoms with van der Waals surface area (Å²) < 4.78 is 1.04. The molecule has 0 aliphatic rings. The zero-order chi connectivity index (χ0) is 12.3. The number of amides is 1. The van der Waals surface area contributed by atoms with Gasteiger partial charge in [-0.15, -0.1) is 0 Å². The molecule has 2 rings (SSSR count). The second-order valence-electron chi connectivity index (χ2n) is 3.19. The number of hydrogen-bond donors (Lipinski definition) is 1. The van der Waals surface area contributed by atoms with E-state index in [1.165, 1.54) is 12.4 Å². The SMILES string of the molecule is O=C(Nc1cccc(I)c1)c1cnc(Cl)cn1. The second-order valence-corrected chi connectivity index (χ2v) is 4.82. The van der Waals surface area contributed by atoms with Crippen LogP contribution in [0.4, 0.5) is 5.69 Å². The Morgan fingerprint density at radius 2 is 2.12 bits per heavy atom. The zero-order valence-electron chi connectivity index (χ0n) is 8.52. The van der Waals surface area contributed by atoms with E-state index in [1.54, 1.807) is 0 Å². The number of nitrogens with one attached hydrogen (secondary N) is 1. The van der Waals surface area contributed by atoms with Crippen molar-refractivity contribution in [3.8, 4) is 0 Å². The van der Waals surface area contributed by atoms with E-state index in [2.05, 4.69) is 37.9 Å². The lowest BCUT2D eigenvalue weighted by atomic mass is 10.3. The predicted molar refractivity (Wildman–Crippen MR) is 74.2 cm³/mol. The van der Waals surface area contributed by atoms with E-state index in [0.29, 0.717) is 0 Å². The third-order valence-corrected chi connectivity index (χ3v) is 2.80. The van der Waals surface area contributed by atoms with Crippen LogP contribution in [0.3, 0.4) is 0 Å². The minimum absolute atomic E-state index is 0.230. The number of carbonyl (C=O) groups excluding carboxylic acids is 1. The monoisotopic (exact) mass is 359 g/mol. The summed E-state index contributed by atoms with van der Waals surface area (Å²) in [5, 5.41) is 2.99. The number of halogens is 2. The fourth-order valence-electron chi connectivity index (χ4n) is 1.19. The smallest absolute Gasteiger partial charge is 0.275 e. The lowest BCUT2D eigenvalue weighted by Gasteiger charge is -2.04. The summed E-state index contributed by atoms with van der Waals surface area (Å²) in [7, 11) is 0. The fraction of sp³-hybridized carbons (Fsp3) is 0. The summed E-state index contributed by atoms with van der Waals surface area (Å²) >= 11 is 7.77. The Kier molecular flexibility index (Phi) is 3.90. The van der Waals surface area contributed by atoms with Gasteiger partial charge in [-0.2, -0.15) is 0 Å². The Morgan fingerprint density at radius 1 is 1.29 bits per heavy atom. The quantitative estimate of drug-likeness (QED) is 0.839. The summed E-state index contributed by atoms with van der Waals surface area (Å²) in [6, 6.07) is 7.48. The van der Waals surface area contributed by atoms with E-state index in [0.717, 1.165) is 9.26 Å². The Hall–Kier alpha value is -1.21. The number of hydrogen-bond acceptors (Lipinski definition) is 3. The lowest BCUT2D eigenvalue weighted by molar-refractivity contribution is 0.102. The summed E-state index contributed by atoms with van der Waals surface area (Å²) in [4.78, 5) is 19.5. The number of benzene rings is 1. The molecule has 0 radical (unpaired) electrons. The van der Waals surface area contributed by atoms with Crippen molar-refractivity contribution in [1.29, 1.82) is 0 Å². The minimum atomic E-state index is -0.309. The molecule has 0 fully saturated rings. The highest BCUT2D eigenvalue weighted by Crippen LogP contribution is 2.13. The first-order chi connectivity index (χ1) is 8.15. The first kappa shape index (κ1) is 12.3. The molecule has 2 aromatic rings. The van der Waals surface area contributed by atoms with Gasteiger partial charge in [-0.3, -0.25) is 4.79 Å². The highest BCUT2D eigenvalue weighted by molar-refractivity contribution is 14.1. The van der Waals surface area contributed by atoms with Crippen molar-refractivity contribution in [3.05, 3.63) is 51.1 Å². The van der Waals surface area contributed by atoms with Crippen LogP contribution < -0.4 is 5.32 Å². The molecule has 1 heterocycles. The van der Waals surface area contributed by atoms with Crippen LogP contribution >= 0.6 is 34.2 Å². The summed E-state index contributed by atoms with van der Waals surface area (Å²) in [5.41, 5.74) is 0.951. The molecule has 0 aliphatic carbocycles. The largest absolute Gasteiger partial charge is 0.321 e. The van der Waals surface area contributed by atoms with Gasteiger partial charge in [0, 0.05) is 9.26 Å². The van der Waals surface area contributed by atoms with Crippen LogP contribution in [0.1, 0.15) is 10.5 Å². The van der Waals surface area contributed by atoms with Crippen LogP contribution in [0.25, 0.3) is 0 Å². The van der Waals surface area contributed by atoms with Crippen molar-refractivity contribution in [3.63, 3.8) is 0 Å². The molecular weight excluding hydrogens is 352 g/mol. The first-order valence-electron chi connectivity index (χ1n) is 4.69. The molecule has 0 aliphatic heterocycles. The van der Waals surface area contributed by atoms with Crippen molar-refractivity contribution in [2.45, 2.75) is 0 Å². The minimum Gasteiger partial charge on any atom is -0.321 e. The Morgan fingerprint density at radius 3 is 2.76 bits per heavy atom. The van der Waals surface area contributed by atoms with Gasteiger partial charge in [0.1, 0.15) is 10.8 Å². The Bertz CT molecular complexity index is 545. The summed E-state index contributed by atoms with van der Waals surface area (Å²) in [6.07, 6.45) is 2.68. The molecule has 0 atom stereocenters. The van der Waals surface area contributed by atoms with Gasteiger partial charge in [0.15, 0.2) is 0 Å². The number of anilines is 1. The van der Waals surface area contributed by atoms with E-state index < -0.39 is 0 Å². The number of nitrogens with zero attached hydrogens (tertiary/aromatic N) is 2. The second kappa shape index (κ2) is 5.42. The average molecular weight is 360 g/mol.